The molecular weight excluding hydrogens is 380 g/mol. The van der Waals surface area contributed by atoms with Crippen LogP contribution in [0.1, 0.15) is 34.6 Å². The first kappa shape index (κ1) is 21.2. The molecule has 2 N–H and O–H groups in total. The van der Waals surface area contributed by atoms with Crippen LogP contribution in [-0.4, -0.2) is 36.4 Å². The average Bonchev–Trinajstić information content (AvgIpc) is 2.65. The van der Waals surface area contributed by atoms with Crippen molar-refractivity contribution in [2.75, 3.05) is 23.5 Å². The van der Waals surface area contributed by atoms with Gasteiger partial charge >= 0.3 is 5.97 Å². The number of rotatable bonds is 7. The molecule has 2 aromatic carbocycles. The lowest BCUT2D eigenvalue weighted by molar-refractivity contribution is -0.115. The summed E-state index contributed by atoms with van der Waals surface area (Å²) in [6.07, 6.45) is 1.93. The second-order valence-electron chi connectivity index (χ2n) is 5.85. The van der Waals surface area contributed by atoms with Crippen molar-refractivity contribution in [3.8, 4) is 0 Å². The molecule has 146 valence electrons. The largest absolute Gasteiger partial charge is 0.454 e. The Morgan fingerprint density at radius 2 is 1.57 bits per heavy atom. The molecule has 0 radical (unpaired) electrons. The minimum Gasteiger partial charge on any atom is -0.454 e. The Hall–Kier alpha value is -3.13. The third-order valence-electron chi connectivity index (χ3n) is 3.61. The normalized spacial score (nSPS) is 10.1. The van der Waals surface area contributed by atoms with E-state index in [1.165, 1.54) is 32.0 Å². The highest BCUT2D eigenvalue weighted by atomic mass is 32.2. The number of ketones is 1. The predicted octanol–water partition coefficient (Wildman–Crippen LogP) is 3.37. The van der Waals surface area contributed by atoms with Crippen LogP contribution in [0.2, 0.25) is 0 Å². The van der Waals surface area contributed by atoms with Gasteiger partial charge in [-0.15, -0.1) is 11.8 Å². The van der Waals surface area contributed by atoms with Crippen molar-refractivity contribution in [3.05, 3.63) is 53.6 Å². The van der Waals surface area contributed by atoms with Gasteiger partial charge in [0.15, 0.2) is 6.61 Å². The fourth-order valence-electron chi connectivity index (χ4n) is 2.38. The maximum atomic E-state index is 12.5. The maximum absolute atomic E-state index is 12.5. The van der Waals surface area contributed by atoms with Crippen LogP contribution in [0.4, 0.5) is 11.4 Å². The van der Waals surface area contributed by atoms with Crippen molar-refractivity contribution in [2.45, 2.75) is 18.7 Å². The van der Waals surface area contributed by atoms with Crippen molar-refractivity contribution in [1.29, 1.82) is 0 Å². The third-order valence-corrected chi connectivity index (χ3v) is 4.35. The molecule has 2 amide bonds. The molecule has 2 aromatic rings. The SMILES string of the molecule is CSc1ccc(C(=O)OCC(=O)c2ccc(NC(C)=O)cc2NC(C)=O)cc1. The van der Waals surface area contributed by atoms with Gasteiger partial charge in [-0.05, 0) is 48.7 Å². The smallest absolute Gasteiger partial charge is 0.338 e. The second-order valence-corrected chi connectivity index (χ2v) is 6.73. The molecule has 28 heavy (non-hydrogen) atoms. The van der Waals surface area contributed by atoms with Gasteiger partial charge in [0.25, 0.3) is 0 Å². The topological polar surface area (TPSA) is 102 Å². The fourth-order valence-corrected chi connectivity index (χ4v) is 2.79. The van der Waals surface area contributed by atoms with Crippen LogP contribution < -0.4 is 10.6 Å². The number of nitrogens with one attached hydrogen (secondary N) is 2. The maximum Gasteiger partial charge on any atom is 0.338 e. The quantitative estimate of drug-likeness (QED) is 0.420. The number of amides is 2. The zero-order valence-electron chi connectivity index (χ0n) is 15.7. The minimum absolute atomic E-state index is 0.176. The highest BCUT2D eigenvalue weighted by Gasteiger charge is 2.16. The van der Waals surface area contributed by atoms with Gasteiger partial charge in [0.1, 0.15) is 0 Å². The Morgan fingerprint density at radius 1 is 0.929 bits per heavy atom. The first-order valence-corrected chi connectivity index (χ1v) is 9.56. The standard InChI is InChI=1S/C20H20N2O5S/c1-12(23)21-15-6-9-17(18(10-15)22-13(2)24)19(25)11-27-20(26)14-4-7-16(28-3)8-5-14/h4-10H,11H2,1-3H3,(H,21,23)(H,22,24). The van der Waals surface area contributed by atoms with Crippen LogP contribution in [0, 0.1) is 0 Å². The van der Waals surface area contributed by atoms with Crippen LogP contribution >= 0.6 is 11.8 Å². The molecule has 0 aromatic heterocycles. The zero-order chi connectivity index (χ0) is 20.7. The first-order valence-electron chi connectivity index (χ1n) is 8.33. The molecule has 0 unspecified atom stereocenters. The summed E-state index contributed by atoms with van der Waals surface area (Å²) >= 11 is 1.55. The third kappa shape index (κ3) is 5.95. The molecule has 0 atom stereocenters. The molecule has 2 rings (SSSR count). The summed E-state index contributed by atoms with van der Waals surface area (Å²) in [4.78, 5) is 48.2. The second kappa shape index (κ2) is 9.70. The molecule has 0 saturated carbocycles. The summed E-state index contributed by atoms with van der Waals surface area (Å²) in [7, 11) is 0. The number of hydrogen-bond acceptors (Lipinski definition) is 6. The molecule has 0 saturated heterocycles. The summed E-state index contributed by atoms with van der Waals surface area (Å²) in [6, 6.07) is 11.3. The Kier molecular flexibility index (Phi) is 7.34. The number of anilines is 2. The van der Waals surface area contributed by atoms with Crippen molar-refractivity contribution >= 4 is 46.7 Å². The monoisotopic (exact) mass is 400 g/mol. The van der Waals surface area contributed by atoms with Crippen molar-refractivity contribution in [1.82, 2.24) is 0 Å². The Labute approximate surface area is 166 Å². The minimum atomic E-state index is -0.614. The van der Waals surface area contributed by atoms with E-state index in [0.29, 0.717) is 11.3 Å². The van der Waals surface area contributed by atoms with E-state index < -0.39 is 18.4 Å². The van der Waals surface area contributed by atoms with Gasteiger partial charge < -0.3 is 15.4 Å². The van der Waals surface area contributed by atoms with Crippen LogP contribution in [0.3, 0.4) is 0 Å². The van der Waals surface area contributed by atoms with E-state index in [0.717, 1.165) is 4.90 Å². The summed E-state index contributed by atoms with van der Waals surface area (Å²) in [6.45, 7) is 2.18. The van der Waals surface area contributed by atoms with E-state index in [-0.39, 0.29) is 23.1 Å². The van der Waals surface area contributed by atoms with Crippen molar-refractivity contribution in [3.63, 3.8) is 0 Å². The number of carbonyl (C=O) groups excluding carboxylic acids is 4. The first-order chi connectivity index (χ1) is 13.3. The fraction of sp³-hybridized carbons (Fsp3) is 0.200. The molecule has 8 heteroatoms. The lowest BCUT2D eigenvalue weighted by atomic mass is 10.1. The highest BCUT2D eigenvalue weighted by Crippen LogP contribution is 2.22. The molecular formula is C20H20N2O5S. The van der Waals surface area contributed by atoms with E-state index in [2.05, 4.69) is 10.6 Å². The van der Waals surface area contributed by atoms with Gasteiger partial charge in [-0.2, -0.15) is 0 Å². The lowest BCUT2D eigenvalue weighted by Gasteiger charge is -2.12. The molecule has 0 spiro atoms. The number of thioether (sulfide) groups is 1. The summed E-state index contributed by atoms with van der Waals surface area (Å²) < 4.78 is 5.09. The van der Waals surface area contributed by atoms with Gasteiger partial charge in [-0.1, -0.05) is 0 Å². The molecule has 0 fully saturated rings. The summed E-state index contributed by atoms with van der Waals surface area (Å²) in [5, 5.41) is 5.12. The number of Topliss-reactive ketones (excluding diaryl/α,β-unsaturated/α-hetero) is 1. The summed E-state index contributed by atoms with van der Waals surface area (Å²) in [5.41, 5.74) is 1.17. The van der Waals surface area contributed by atoms with Crippen LogP contribution in [0.15, 0.2) is 47.4 Å². The van der Waals surface area contributed by atoms with Crippen LogP contribution in [0.5, 0.6) is 0 Å². The van der Waals surface area contributed by atoms with Gasteiger partial charge in [0.2, 0.25) is 17.6 Å². The zero-order valence-corrected chi connectivity index (χ0v) is 16.5. The van der Waals surface area contributed by atoms with Gasteiger partial charge in [-0.3, -0.25) is 14.4 Å². The van der Waals surface area contributed by atoms with Crippen molar-refractivity contribution in [2.24, 2.45) is 0 Å². The highest BCUT2D eigenvalue weighted by molar-refractivity contribution is 7.98. The molecule has 0 aliphatic rings. The Balaban J connectivity index is 2.12. The molecule has 0 bridgehead atoms. The lowest BCUT2D eigenvalue weighted by Crippen LogP contribution is -2.17. The van der Waals surface area contributed by atoms with E-state index >= 15 is 0 Å². The van der Waals surface area contributed by atoms with E-state index in [4.69, 9.17) is 4.74 Å². The number of ether oxygens (including phenoxy) is 1. The molecule has 0 aliphatic heterocycles. The van der Waals surface area contributed by atoms with E-state index in [9.17, 15) is 19.2 Å². The van der Waals surface area contributed by atoms with Crippen molar-refractivity contribution < 1.29 is 23.9 Å². The number of hydrogen-bond donors (Lipinski definition) is 2. The van der Waals surface area contributed by atoms with Gasteiger partial charge in [0, 0.05) is 30.0 Å². The average molecular weight is 400 g/mol. The Bertz CT molecular complexity index is 909. The van der Waals surface area contributed by atoms with Crippen LogP contribution in [0.25, 0.3) is 0 Å². The van der Waals surface area contributed by atoms with E-state index in [1.54, 1.807) is 36.0 Å². The van der Waals surface area contributed by atoms with E-state index in [1.807, 2.05) is 6.26 Å². The van der Waals surface area contributed by atoms with Gasteiger partial charge in [-0.25, -0.2) is 4.79 Å². The Morgan fingerprint density at radius 3 is 2.14 bits per heavy atom. The van der Waals surface area contributed by atoms with Gasteiger partial charge in [0.05, 0.1) is 11.3 Å². The number of carbonyl (C=O) groups is 4. The molecule has 7 nitrogen and oxygen atoms in total. The van der Waals surface area contributed by atoms with Crippen LogP contribution in [-0.2, 0) is 14.3 Å². The predicted molar refractivity (Wildman–Crippen MR) is 108 cm³/mol. The molecule has 0 heterocycles. The number of esters is 1. The molecule has 0 aliphatic carbocycles. The summed E-state index contributed by atoms with van der Waals surface area (Å²) in [5.74, 6) is -1.75. The number of benzene rings is 2.